The molecule has 0 aliphatic carbocycles. The monoisotopic (exact) mass is 155 g/mol. The predicted molar refractivity (Wildman–Crippen MR) is 40.7 cm³/mol. The Morgan fingerprint density at radius 2 is 1.91 bits per heavy atom. The second-order valence-corrected chi connectivity index (χ2v) is 3.04. The first-order chi connectivity index (χ1) is 5.09. The molecule has 1 heterocycles. The molecule has 1 rings (SSSR count). The molecule has 1 saturated heterocycles. The summed E-state index contributed by atoms with van der Waals surface area (Å²) in [7, 11) is 1.55. The highest BCUT2D eigenvalue weighted by Crippen LogP contribution is 2.26. The zero-order valence-electron chi connectivity index (χ0n) is 7.13. The highest BCUT2D eigenvalue weighted by Gasteiger charge is 2.41. The highest BCUT2D eigenvalue weighted by molar-refractivity contribution is 6.04. The lowest BCUT2D eigenvalue weighted by atomic mass is 9.95. The summed E-state index contributed by atoms with van der Waals surface area (Å²) in [6.45, 7) is 3.75. The molecule has 0 spiro atoms. The summed E-state index contributed by atoms with van der Waals surface area (Å²) in [5, 5.41) is 0. The first-order valence-electron chi connectivity index (χ1n) is 3.91. The van der Waals surface area contributed by atoms with E-state index in [4.69, 9.17) is 0 Å². The Morgan fingerprint density at radius 3 is 2.09 bits per heavy atom. The van der Waals surface area contributed by atoms with Crippen LogP contribution in [0.1, 0.15) is 20.3 Å². The molecule has 0 unspecified atom stereocenters. The van der Waals surface area contributed by atoms with Crippen molar-refractivity contribution in [1.82, 2.24) is 4.90 Å². The molecule has 0 saturated carbocycles. The van der Waals surface area contributed by atoms with Crippen LogP contribution in [0.15, 0.2) is 0 Å². The number of hydrogen-bond acceptors (Lipinski definition) is 2. The van der Waals surface area contributed by atoms with Crippen LogP contribution in [-0.2, 0) is 9.59 Å². The van der Waals surface area contributed by atoms with E-state index in [-0.39, 0.29) is 23.7 Å². The molecule has 1 aliphatic rings. The number of hydrogen-bond donors (Lipinski definition) is 0. The van der Waals surface area contributed by atoms with Gasteiger partial charge < -0.3 is 0 Å². The summed E-state index contributed by atoms with van der Waals surface area (Å²) < 4.78 is 0. The van der Waals surface area contributed by atoms with Gasteiger partial charge in [-0.3, -0.25) is 14.5 Å². The van der Waals surface area contributed by atoms with Gasteiger partial charge in [-0.25, -0.2) is 0 Å². The van der Waals surface area contributed by atoms with Gasteiger partial charge >= 0.3 is 0 Å². The van der Waals surface area contributed by atoms with Gasteiger partial charge in [-0.05, 0) is 6.42 Å². The van der Waals surface area contributed by atoms with Crippen LogP contribution in [0.4, 0.5) is 0 Å². The van der Waals surface area contributed by atoms with Gasteiger partial charge in [0.2, 0.25) is 11.8 Å². The number of nitrogens with zero attached hydrogens (tertiary/aromatic N) is 1. The molecule has 0 aromatic carbocycles. The molecule has 3 nitrogen and oxygen atoms in total. The second-order valence-electron chi connectivity index (χ2n) is 3.04. The summed E-state index contributed by atoms with van der Waals surface area (Å²) in [5.41, 5.74) is 0. The largest absolute Gasteiger partial charge is 0.285 e. The van der Waals surface area contributed by atoms with E-state index in [0.717, 1.165) is 6.42 Å². The fraction of sp³-hybridized carbons (Fsp3) is 0.750. The van der Waals surface area contributed by atoms with E-state index in [2.05, 4.69) is 0 Å². The Hall–Kier alpha value is -0.860. The standard InChI is InChI=1S/C8H13NO2/c1-4-6-5(2)7(10)9(3)8(6)11/h5-6H,4H2,1-3H3/t5-,6-/m1/s1. The maximum Gasteiger partial charge on any atom is 0.232 e. The molecule has 62 valence electrons. The van der Waals surface area contributed by atoms with Gasteiger partial charge in [-0.2, -0.15) is 0 Å². The van der Waals surface area contributed by atoms with E-state index in [1.807, 2.05) is 13.8 Å². The van der Waals surface area contributed by atoms with Crippen molar-refractivity contribution in [2.24, 2.45) is 11.8 Å². The minimum atomic E-state index is -0.113. The SMILES string of the molecule is CC[C@H]1C(=O)N(C)C(=O)[C@@H]1C. The lowest BCUT2D eigenvalue weighted by molar-refractivity contribution is -0.138. The molecule has 2 atom stereocenters. The van der Waals surface area contributed by atoms with Gasteiger partial charge in [-0.15, -0.1) is 0 Å². The molecular weight excluding hydrogens is 142 g/mol. The van der Waals surface area contributed by atoms with E-state index < -0.39 is 0 Å². The van der Waals surface area contributed by atoms with Crippen LogP contribution in [0.3, 0.4) is 0 Å². The molecule has 2 amide bonds. The Labute approximate surface area is 66.4 Å². The van der Waals surface area contributed by atoms with Crippen molar-refractivity contribution in [1.29, 1.82) is 0 Å². The molecule has 11 heavy (non-hydrogen) atoms. The number of rotatable bonds is 1. The first-order valence-corrected chi connectivity index (χ1v) is 3.91. The first kappa shape index (κ1) is 8.24. The van der Waals surface area contributed by atoms with Gasteiger partial charge in [0.1, 0.15) is 0 Å². The van der Waals surface area contributed by atoms with Gasteiger partial charge in [-0.1, -0.05) is 13.8 Å². The molecule has 1 aliphatic heterocycles. The zero-order valence-corrected chi connectivity index (χ0v) is 7.13. The van der Waals surface area contributed by atoms with Crippen LogP contribution in [0.5, 0.6) is 0 Å². The van der Waals surface area contributed by atoms with Crippen molar-refractivity contribution in [2.75, 3.05) is 7.05 Å². The molecular formula is C8H13NO2. The average molecular weight is 155 g/mol. The molecule has 1 fully saturated rings. The molecule has 0 N–H and O–H groups in total. The van der Waals surface area contributed by atoms with Crippen molar-refractivity contribution >= 4 is 11.8 Å². The summed E-state index contributed by atoms with van der Waals surface area (Å²) in [4.78, 5) is 23.7. The van der Waals surface area contributed by atoms with E-state index >= 15 is 0 Å². The quantitative estimate of drug-likeness (QED) is 0.521. The van der Waals surface area contributed by atoms with Crippen LogP contribution in [0, 0.1) is 11.8 Å². The second kappa shape index (κ2) is 2.64. The van der Waals surface area contributed by atoms with Crippen molar-refractivity contribution in [3.05, 3.63) is 0 Å². The molecule has 0 bridgehead atoms. The van der Waals surface area contributed by atoms with Crippen LogP contribution in [0.25, 0.3) is 0 Å². The third-order valence-corrected chi connectivity index (χ3v) is 2.41. The summed E-state index contributed by atoms with van der Waals surface area (Å²) in [6, 6.07) is 0. The van der Waals surface area contributed by atoms with Gasteiger partial charge in [0.25, 0.3) is 0 Å². The number of likely N-dealkylation sites (tertiary alicyclic amines) is 1. The smallest absolute Gasteiger partial charge is 0.232 e. The van der Waals surface area contributed by atoms with Crippen molar-refractivity contribution in [3.63, 3.8) is 0 Å². The lowest BCUT2D eigenvalue weighted by Gasteiger charge is -2.05. The number of amides is 2. The van der Waals surface area contributed by atoms with Crippen LogP contribution >= 0.6 is 0 Å². The topological polar surface area (TPSA) is 37.4 Å². The number of carbonyl (C=O) groups is 2. The summed E-state index contributed by atoms with van der Waals surface area (Å²) >= 11 is 0. The van der Waals surface area contributed by atoms with Gasteiger partial charge in [0.05, 0.1) is 0 Å². The summed E-state index contributed by atoms with van der Waals surface area (Å²) in [6.07, 6.45) is 0.760. The normalized spacial score (nSPS) is 31.7. The Morgan fingerprint density at radius 1 is 1.36 bits per heavy atom. The predicted octanol–water partition coefficient (Wildman–Crippen LogP) is 0.647. The average Bonchev–Trinajstić information content (AvgIpc) is 2.17. The molecule has 3 heteroatoms. The van der Waals surface area contributed by atoms with Crippen LogP contribution in [0.2, 0.25) is 0 Å². The minimum Gasteiger partial charge on any atom is -0.285 e. The van der Waals surface area contributed by atoms with E-state index in [1.54, 1.807) is 7.05 Å². The van der Waals surface area contributed by atoms with Crippen LogP contribution in [-0.4, -0.2) is 23.8 Å². The highest BCUT2D eigenvalue weighted by atomic mass is 16.2. The number of imide groups is 1. The van der Waals surface area contributed by atoms with Crippen LogP contribution < -0.4 is 0 Å². The number of carbonyl (C=O) groups excluding carboxylic acids is 2. The molecule has 0 aromatic rings. The zero-order chi connectivity index (χ0) is 8.59. The van der Waals surface area contributed by atoms with E-state index in [9.17, 15) is 9.59 Å². The maximum atomic E-state index is 11.3. The molecule has 0 radical (unpaired) electrons. The summed E-state index contributed by atoms with van der Waals surface area (Å²) in [5.74, 6) is -0.253. The Bertz CT molecular complexity index is 200. The van der Waals surface area contributed by atoms with Gasteiger partial charge in [0, 0.05) is 18.9 Å². The molecule has 0 aromatic heterocycles. The lowest BCUT2D eigenvalue weighted by Crippen LogP contribution is -2.25. The maximum absolute atomic E-state index is 11.3. The van der Waals surface area contributed by atoms with Crippen molar-refractivity contribution in [3.8, 4) is 0 Å². The van der Waals surface area contributed by atoms with E-state index in [1.165, 1.54) is 4.90 Å². The van der Waals surface area contributed by atoms with Gasteiger partial charge in [0.15, 0.2) is 0 Å². The van der Waals surface area contributed by atoms with Crippen molar-refractivity contribution in [2.45, 2.75) is 20.3 Å². The van der Waals surface area contributed by atoms with E-state index in [0.29, 0.717) is 0 Å². The Kier molecular flexibility index (Phi) is 1.98. The fourth-order valence-corrected chi connectivity index (χ4v) is 1.58. The van der Waals surface area contributed by atoms with Crippen molar-refractivity contribution < 1.29 is 9.59 Å². The Balaban J connectivity index is 2.86. The minimum absolute atomic E-state index is 0.0231. The third-order valence-electron chi connectivity index (χ3n) is 2.41. The fourth-order valence-electron chi connectivity index (χ4n) is 1.58. The third kappa shape index (κ3) is 1.04.